The summed E-state index contributed by atoms with van der Waals surface area (Å²) in [4.78, 5) is 0. The van der Waals surface area contributed by atoms with Gasteiger partial charge >= 0.3 is 6.18 Å². The van der Waals surface area contributed by atoms with Crippen LogP contribution < -0.4 is 0 Å². The molecular formula is C15H19F3O2. The third kappa shape index (κ3) is 4.21. The molecule has 0 atom stereocenters. The van der Waals surface area contributed by atoms with E-state index in [1.54, 1.807) is 0 Å². The minimum atomic E-state index is -4.29. The van der Waals surface area contributed by atoms with Gasteiger partial charge in [-0.2, -0.15) is 13.2 Å². The van der Waals surface area contributed by atoms with Crippen LogP contribution in [-0.2, 0) is 17.5 Å². The van der Waals surface area contributed by atoms with E-state index in [2.05, 4.69) is 0 Å². The Morgan fingerprint density at radius 2 is 1.65 bits per heavy atom. The zero-order valence-electron chi connectivity index (χ0n) is 11.2. The number of aliphatic hydroxyl groups is 1. The summed E-state index contributed by atoms with van der Waals surface area (Å²) < 4.78 is 43.0. The number of aliphatic hydroxyl groups excluding tert-OH is 1. The Kier molecular flexibility index (Phi) is 5.05. The lowest BCUT2D eigenvalue weighted by atomic mass is 9.88. The van der Waals surface area contributed by atoms with Crippen LogP contribution >= 0.6 is 0 Å². The van der Waals surface area contributed by atoms with E-state index in [-0.39, 0.29) is 12.7 Å². The molecule has 0 aromatic heterocycles. The van der Waals surface area contributed by atoms with Crippen molar-refractivity contribution in [3.8, 4) is 0 Å². The highest BCUT2D eigenvalue weighted by atomic mass is 19.4. The topological polar surface area (TPSA) is 29.5 Å². The molecule has 112 valence electrons. The van der Waals surface area contributed by atoms with Crippen LogP contribution in [0.15, 0.2) is 24.3 Å². The lowest BCUT2D eigenvalue weighted by Crippen LogP contribution is -2.23. The molecule has 0 saturated heterocycles. The normalized spacial score (nSPS) is 23.8. The molecule has 1 N–H and O–H groups in total. The second-order valence-electron chi connectivity index (χ2n) is 5.33. The van der Waals surface area contributed by atoms with Gasteiger partial charge in [-0.3, -0.25) is 0 Å². The van der Waals surface area contributed by atoms with E-state index in [0.717, 1.165) is 43.4 Å². The van der Waals surface area contributed by atoms with Gasteiger partial charge in [0.1, 0.15) is 0 Å². The lowest BCUT2D eigenvalue weighted by Gasteiger charge is -2.27. The molecule has 5 heteroatoms. The van der Waals surface area contributed by atoms with Gasteiger partial charge in [-0.1, -0.05) is 12.1 Å². The predicted octanol–water partition coefficient (Wildman–Crippen LogP) is 3.77. The molecule has 1 fully saturated rings. The average Bonchev–Trinajstić information content (AvgIpc) is 2.45. The molecule has 0 radical (unpaired) electrons. The van der Waals surface area contributed by atoms with Gasteiger partial charge in [-0.25, -0.2) is 0 Å². The van der Waals surface area contributed by atoms with Gasteiger partial charge < -0.3 is 9.84 Å². The Morgan fingerprint density at radius 1 is 1.05 bits per heavy atom. The molecule has 1 aliphatic carbocycles. The fraction of sp³-hybridized carbons (Fsp3) is 0.600. The molecule has 0 aliphatic heterocycles. The Bertz CT molecular complexity index is 406. The average molecular weight is 288 g/mol. The molecule has 0 bridgehead atoms. The van der Waals surface area contributed by atoms with E-state index in [9.17, 15) is 13.2 Å². The number of ether oxygens (including phenoxy) is 1. The molecule has 0 heterocycles. The third-order valence-corrected chi connectivity index (χ3v) is 3.82. The van der Waals surface area contributed by atoms with Crippen molar-refractivity contribution >= 4 is 0 Å². The van der Waals surface area contributed by atoms with E-state index >= 15 is 0 Å². The van der Waals surface area contributed by atoms with Crippen molar-refractivity contribution in [2.24, 2.45) is 5.92 Å². The second kappa shape index (κ2) is 6.59. The predicted molar refractivity (Wildman–Crippen MR) is 69.1 cm³/mol. The number of hydrogen-bond acceptors (Lipinski definition) is 2. The van der Waals surface area contributed by atoms with Crippen molar-refractivity contribution < 1.29 is 23.0 Å². The number of alkyl halides is 3. The van der Waals surface area contributed by atoms with Crippen LogP contribution in [0.3, 0.4) is 0 Å². The molecule has 1 aromatic rings. The highest BCUT2D eigenvalue weighted by Gasteiger charge is 2.30. The summed E-state index contributed by atoms with van der Waals surface area (Å²) in [6.45, 7) is 0.568. The van der Waals surface area contributed by atoms with Crippen LogP contribution in [0, 0.1) is 5.92 Å². The van der Waals surface area contributed by atoms with Crippen molar-refractivity contribution in [2.45, 2.75) is 44.6 Å². The number of rotatable bonds is 4. The Hall–Kier alpha value is -1.07. The van der Waals surface area contributed by atoms with Gasteiger partial charge in [0.15, 0.2) is 0 Å². The van der Waals surface area contributed by atoms with Gasteiger partial charge in [0.05, 0.1) is 18.3 Å². The first kappa shape index (κ1) is 15.3. The highest BCUT2D eigenvalue weighted by Crippen LogP contribution is 2.30. The van der Waals surface area contributed by atoms with Crippen LogP contribution in [0.5, 0.6) is 0 Å². The SMILES string of the molecule is OC[C@H]1CC[C@H](OCc2ccc(C(F)(F)F)cc2)CC1. The zero-order valence-corrected chi connectivity index (χ0v) is 11.2. The maximum Gasteiger partial charge on any atom is 0.416 e. The van der Waals surface area contributed by atoms with E-state index in [1.165, 1.54) is 12.1 Å². The Balaban J connectivity index is 1.80. The summed E-state index contributed by atoms with van der Waals surface area (Å²) in [6, 6.07) is 5.09. The Morgan fingerprint density at radius 3 is 2.15 bits per heavy atom. The van der Waals surface area contributed by atoms with Crippen molar-refractivity contribution in [1.29, 1.82) is 0 Å². The first-order valence-electron chi connectivity index (χ1n) is 6.87. The van der Waals surface area contributed by atoms with E-state index < -0.39 is 11.7 Å². The standard InChI is InChI=1S/C15H19F3O2/c16-15(17,18)13-5-1-12(2-6-13)10-20-14-7-3-11(9-19)4-8-14/h1-2,5-6,11,14,19H,3-4,7-10H2/t11-,14-. The van der Waals surface area contributed by atoms with E-state index in [4.69, 9.17) is 9.84 Å². The fourth-order valence-corrected chi connectivity index (χ4v) is 2.49. The van der Waals surface area contributed by atoms with E-state index in [0.29, 0.717) is 12.5 Å². The molecule has 20 heavy (non-hydrogen) atoms. The third-order valence-electron chi connectivity index (χ3n) is 3.82. The molecule has 0 amide bonds. The van der Waals surface area contributed by atoms with Gasteiger partial charge in [-0.15, -0.1) is 0 Å². The van der Waals surface area contributed by atoms with Gasteiger partial charge in [0, 0.05) is 6.61 Å². The maximum atomic E-state index is 12.4. The van der Waals surface area contributed by atoms with Crippen molar-refractivity contribution in [2.75, 3.05) is 6.61 Å². The van der Waals surface area contributed by atoms with Crippen molar-refractivity contribution in [3.05, 3.63) is 35.4 Å². The largest absolute Gasteiger partial charge is 0.416 e. The summed E-state index contributed by atoms with van der Waals surface area (Å²) in [5.41, 5.74) is 0.118. The maximum absolute atomic E-state index is 12.4. The first-order valence-corrected chi connectivity index (χ1v) is 6.87. The van der Waals surface area contributed by atoms with Gasteiger partial charge in [0.2, 0.25) is 0 Å². The van der Waals surface area contributed by atoms with Crippen LogP contribution in [0.25, 0.3) is 0 Å². The fourth-order valence-electron chi connectivity index (χ4n) is 2.49. The summed E-state index contributed by atoms with van der Waals surface area (Å²) in [5, 5.41) is 9.04. The molecule has 1 aromatic carbocycles. The number of benzene rings is 1. The summed E-state index contributed by atoms with van der Waals surface area (Å²) >= 11 is 0. The van der Waals surface area contributed by atoms with Crippen molar-refractivity contribution in [1.82, 2.24) is 0 Å². The summed E-state index contributed by atoms with van der Waals surface area (Å²) in [7, 11) is 0. The quantitative estimate of drug-likeness (QED) is 0.913. The number of hydrogen-bond donors (Lipinski definition) is 1. The molecule has 2 nitrogen and oxygen atoms in total. The molecule has 1 saturated carbocycles. The summed E-state index contributed by atoms with van der Waals surface area (Å²) in [6.07, 6.45) is -0.414. The smallest absolute Gasteiger partial charge is 0.396 e. The van der Waals surface area contributed by atoms with Gasteiger partial charge in [-0.05, 0) is 49.3 Å². The first-order chi connectivity index (χ1) is 9.49. The molecule has 0 unspecified atom stereocenters. The molecule has 2 rings (SSSR count). The summed E-state index contributed by atoms with van der Waals surface area (Å²) in [5.74, 6) is 0.376. The number of halogens is 3. The lowest BCUT2D eigenvalue weighted by molar-refractivity contribution is -0.137. The molecular weight excluding hydrogens is 269 g/mol. The molecule has 1 aliphatic rings. The van der Waals surface area contributed by atoms with Crippen LogP contribution in [0.1, 0.15) is 36.8 Å². The van der Waals surface area contributed by atoms with E-state index in [1.807, 2.05) is 0 Å². The highest BCUT2D eigenvalue weighted by molar-refractivity contribution is 5.24. The minimum absolute atomic E-state index is 0.153. The molecule has 0 spiro atoms. The van der Waals surface area contributed by atoms with Gasteiger partial charge in [0.25, 0.3) is 0 Å². The Labute approximate surface area is 116 Å². The second-order valence-corrected chi connectivity index (χ2v) is 5.33. The zero-order chi connectivity index (χ0) is 14.6. The monoisotopic (exact) mass is 288 g/mol. The van der Waals surface area contributed by atoms with Crippen molar-refractivity contribution in [3.63, 3.8) is 0 Å². The van der Waals surface area contributed by atoms with Crippen LogP contribution in [0.4, 0.5) is 13.2 Å². The minimum Gasteiger partial charge on any atom is -0.396 e. The van der Waals surface area contributed by atoms with Crippen LogP contribution in [-0.4, -0.2) is 17.8 Å². The van der Waals surface area contributed by atoms with Crippen LogP contribution in [0.2, 0.25) is 0 Å².